The Hall–Kier alpha value is -2.64. The summed E-state index contributed by atoms with van der Waals surface area (Å²) >= 11 is 0. The van der Waals surface area contributed by atoms with E-state index in [9.17, 15) is 13.2 Å². The topological polar surface area (TPSA) is 78.9 Å². The molecule has 0 amide bonds. The summed E-state index contributed by atoms with van der Waals surface area (Å²) in [7, 11) is -3.47. The van der Waals surface area contributed by atoms with Gasteiger partial charge in [0.25, 0.3) is 0 Å². The predicted molar refractivity (Wildman–Crippen MR) is 120 cm³/mol. The normalized spacial score (nSPS) is 14.8. The first kappa shape index (κ1) is 23.0. The molecule has 0 radical (unpaired) electrons. The Balaban J connectivity index is 1.82. The van der Waals surface area contributed by atoms with Crippen LogP contribution in [-0.4, -0.2) is 46.6 Å². The third kappa shape index (κ3) is 5.95. The Morgan fingerprint density at radius 2 is 1.71 bits per heavy atom. The lowest BCUT2D eigenvalue weighted by Crippen LogP contribution is -2.11. The van der Waals surface area contributed by atoms with Crippen molar-refractivity contribution in [2.24, 2.45) is 0 Å². The van der Waals surface area contributed by atoms with E-state index in [-0.39, 0.29) is 23.7 Å². The van der Waals surface area contributed by atoms with Crippen LogP contribution in [0.25, 0.3) is 17.2 Å². The van der Waals surface area contributed by atoms with Crippen molar-refractivity contribution in [1.29, 1.82) is 0 Å². The second kappa shape index (κ2) is 10.6. The number of fused-ring (bicyclic) bond motifs is 1. The van der Waals surface area contributed by atoms with Crippen molar-refractivity contribution in [3.05, 3.63) is 53.6 Å². The maximum atomic E-state index is 12.7. The number of esters is 1. The van der Waals surface area contributed by atoms with Crippen LogP contribution in [0.2, 0.25) is 0 Å². The molecule has 1 aliphatic rings. The summed E-state index contributed by atoms with van der Waals surface area (Å²) in [6.45, 7) is 5.79. The molecule has 2 aromatic rings. The third-order valence-electron chi connectivity index (χ3n) is 4.88. The van der Waals surface area contributed by atoms with Gasteiger partial charge in [-0.3, -0.25) is 0 Å². The van der Waals surface area contributed by atoms with E-state index in [4.69, 9.17) is 14.2 Å². The molecule has 0 fully saturated rings. The Morgan fingerprint density at radius 1 is 0.968 bits per heavy atom. The van der Waals surface area contributed by atoms with Crippen LogP contribution in [0, 0.1) is 0 Å². The van der Waals surface area contributed by atoms with E-state index >= 15 is 0 Å². The Morgan fingerprint density at radius 3 is 2.42 bits per heavy atom. The number of carbonyl (C=O) groups excluding carboxylic acids is 1. The molecule has 7 heteroatoms. The largest absolute Gasteiger partial charge is 0.491 e. The summed E-state index contributed by atoms with van der Waals surface area (Å²) in [6, 6.07) is 12.8. The molecule has 1 heterocycles. The molecule has 2 aromatic carbocycles. The molecule has 0 saturated carbocycles. The van der Waals surface area contributed by atoms with Gasteiger partial charge < -0.3 is 14.2 Å². The van der Waals surface area contributed by atoms with Crippen molar-refractivity contribution < 1.29 is 27.4 Å². The van der Waals surface area contributed by atoms with E-state index in [0.29, 0.717) is 24.4 Å². The maximum Gasteiger partial charge on any atom is 0.334 e. The highest BCUT2D eigenvalue weighted by molar-refractivity contribution is 7.91. The molecule has 0 saturated heterocycles. The van der Waals surface area contributed by atoms with Gasteiger partial charge in [-0.15, -0.1) is 0 Å². The van der Waals surface area contributed by atoms with Gasteiger partial charge in [0, 0.05) is 12.2 Å². The quantitative estimate of drug-likeness (QED) is 0.424. The van der Waals surface area contributed by atoms with E-state index in [2.05, 4.69) is 6.92 Å². The van der Waals surface area contributed by atoms with Crippen molar-refractivity contribution in [3.8, 4) is 16.9 Å². The van der Waals surface area contributed by atoms with Crippen molar-refractivity contribution >= 4 is 21.9 Å². The van der Waals surface area contributed by atoms with E-state index in [1.54, 1.807) is 31.2 Å². The van der Waals surface area contributed by atoms with Gasteiger partial charge in [0.1, 0.15) is 12.4 Å². The fourth-order valence-electron chi connectivity index (χ4n) is 3.33. The molecular weight excluding hydrogens is 416 g/mol. The van der Waals surface area contributed by atoms with E-state index in [0.717, 1.165) is 29.9 Å². The summed E-state index contributed by atoms with van der Waals surface area (Å²) in [5.74, 6) is 0.156. The molecule has 0 N–H and O–H groups in total. The first-order chi connectivity index (χ1) is 14.9. The number of benzene rings is 2. The molecule has 1 aliphatic heterocycles. The average molecular weight is 445 g/mol. The molecule has 166 valence electrons. The van der Waals surface area contributed by atoms with Gasteiger partial charge in [-0.25, -0.2) is 13.2 Å². The minimum atomic E-state index is -3.47. The number of hydrogen-bond donors (Lipinski definition) is 0. The van der Waals surface area contributed by atoms with Gasteiger partial charge in [0.2, 0.25) is 0 Å². The Kier molecular flexibility index (Phi) is 7.87. The zero-order chi connectivity index (χ0) is 22.3. The minimum Gasteiger partial charge on any atom is -0.491 e. The monoisotopic (exact) mass is 444 g/mol. The predicted octanol–water partition coefficient (Wildman–Crippen LogP) is 4.28. The number of sulfone groups is 1. The summed E-state index contributed by atoms with van der Waals surface area (Å²) in [6.07, 6.45) is 2.75. The lowest BCUT2D eigenvalue weighted by Gasteiger charge is -2.10. The van der Waals surface area contributed by atoms with Crippen LogP contribution in [0.1, 0.15) is 32.3 Å². The van der Waals surface area contributed by atoms with Crippen LogP contribution >= 0.6 is 0 Å². The van der Waals surface area contributed by atoms with E-state index in [1.807, 2.05) is 24.3 Å². The summed E-state index contributed by atoms with van der Waals surface area (Å²) in [4.78, 5) is 12.4. The molecule has 0 spiro atoms. The van der Waals surface area contributed by atoms with Crippen LogP contribution in [0.5, 0.6) is 5.75 Å². The highest BCUT2D eigenvalue weighted by Crippen LogP contribution is 2.31. The third-order valence-corrected chi connectivity index (χ3v) is 6.67. The van der Waals surface area contributed by atoms with Crippen LogP contribution in [0.4, 0.5) is 0 Å². The van der Waals surface area contributed by atoms with Crippen molar-refractivity contribution in [2.45, 2.75) is 31.6 Å². The van der Waals surface area contributed by atoms with Crippen LogP contribution in [-0.2, 0) is 24.1 Å². The van der Waals surface area contributed by atoms with Crippen molar-refractivity contribution in [3.63, 3.8) is 0 Å². The van der Waals surface area contributed by atoms with Crippen LogP contribution in [0.3, 0.4) is 0 Å². The number of ether oxygens (including phenoxy) is 3. The lowest BCUT2D eigenvalue weighted by atomic mass is 10.0. The highest BCUT2D eigenvalue weighted by atomic mass is 32.2. The minimum absolute atomic E-state index is 0.113. The van der Waals surface area contributed by atoms with Gasteiger partial charge >= 0.3 is 5.97 Å². The summed E-state index contributed by atoms with van der Waals surface area (Å²) in [5.41, 5.74) is 2.65. The summed E-state index contributed by atoms with van der Waals surface area (Å²) < 4.78 is 41.5. The summed E-state index contributed by atoms with van der Waals surface area (Å²) in [5, 5.41) is 0. The van der Waals surface area contributed by atoms with E-state index < -0.39 is 15.8 Å². The molecule has 0 atom stereocenters. The second-order valence-corrected chi connectivity index (χ2v) is 9.27. The smallest absolute Gasteiger partial charge is 0.334 e. The van der Waals surface area contributed by atoms with Crippen LogP contribution < -0.4 is 4.74 Å². The molecule has 3 rings (SSSR count). The van der Waals surface area contributed by atoms with Gasteiger partial charge in [-0.1, -0.05) is 25.1 Å². The standard InChI is InChI=1S/C24H28O6S/c1-3-12-28-13-14-30-22-8-5-18(6-9-22)19-7-10-23-21(16-19)17-20(24(25)29-4-2)11-15-31(23,26)27/h5-10,16-17H,3-4,11-15H2,1-2H3. The molecule has 31 heavy (non-hydrogen) atoms. The molecule has 6 nitrogen and oxygen atoms in total. The maximum absolute atomic E-state index is 12.7. The fourth-order valence-corrected chi connectivity index (χ4v) is 4.79. The van der Waals surface area contributed by atoms with Gasteiger partial charge in [-0.05, 0) is 66.8 Å². The van der Waals surface area contributed by atoms with Crippen molar-refractivity contribution in [1.82, 2.24) is 0 Å². The first-order valence-electron chi connectivity index (χ1n) is 10.5. The molecule has 0 bridgehead atoms. The molecule has 0 unspecified atom stereocenters. The highest BCUT2D eigenvalue weighted by Gasteiger charge is 2.25. The number of hydrogen-bond acceptors (Lipinski definition) is 6. The fraction of sp³-hybridized carbons (Fsp3) is 0.375. The van der Waals surface area contributed by atoms with Gasteiger partial charge in [0.15, 0.2) is 9.84 Å². The van der Waals surface area contributed by atoms with Gasteiger partial charge in [0.05, 0.1) is 23.9 Å². The molecule has 0 aliphatic carbocycles. The van der Waals surface area contributed by atoms with E-state index in [1.165, 1.54) is 0 Å². The zero-order valence-electron chi connectivity index (χ0n) is 17.9. The number of rotatable bonds is 9. The van der Waals surface area contributed by atoms with Crippen molar-refractivity contribution in [2.75, 3.05) is 32.2 Å². The lowest BCUT2D eigenvalue weighted by molar-refractivity contribution is -0.138. The second-order valence-electron chi connectivity index (χ2n) is 7.20. The first-order valence-corrected chi connectivity index (χ1v) is 12.1. The Labute approximate surface area is 183 Å². The Bertz CT molecular complexity index is 1040. The van der Waals surface area contributed by atoms with Crippen LogP contribution in [0.15, 0.2) is 52.9 Å². The SMILES string of the molecule is CCCOCCOc1ccc(-c2ccc3c(c2)C=C(C(=O)OCC)CCS3(=O)=O)cc1. The van der Waals surface area contributed by atoms with Gasteiger partial charge in [-0.2, -0.15) is 0 Å². The molecule has 0 aromatic heterocycles. The number of carbonyl (C=O) groups is 1. The zero-order valence-corrected chi connectivity index (χ0v) is 18.7. The average Bonchev–Trinajstić information content (AvgIpc) is 2.90. The molecular formula is C24H28O6S.